The molecule has 1 N–H and O–H groups in total. The van der Waals surface area contributed by atoms with Gasteiger partial charge >= 0.3 is 5.97 Å². The number of thiophene rings is 1. The van der Waals surface area contributed by atoms with Crippen LogP contribution in [0.3, 0.4) is 0 Å². The normalized spacial score (nSPS) is 12.6. The molecule has 2 aromatic heterocycles. The van der Waals surface area contributed by atoms with Crippen molar-refractivity contribution in [1.29, 1.82) is 0 Å². The van der Waals surface area contributed by atoms with Crippen LogP contribution in [-0.2, 0) is 0 Å². The summed E-state index contributed by atoms with van der Waals surface area (Å²) in [6.07, 6.45) is 2.61. The number of anilines is 1. The summed E-state index contributed by atoms with van der Waals surface area (Å²) in [5.74, 6) is 0.473. The van der Waals surface area contributed by atoms with Crippen LogP contribution in [0, 0.1) is 12.8 Å². The lowest BCUT2D eigenvalue weighted by atomic mass is 10.1. The molecular formula is C14H19N3O2S. The molecule has 2 rings (SSSR count). The van der Waals surface area contributed by atoms with Gasteiger partial charge in [-0.25, -0.2) is 14.8 Å². The lowest BCUT2D eigenvalue weighted by molar-refractivity contribution is 0.0701. The second kappa shape index (κ2) is 5.75. The molecule has 0 saturated heterocycles. The van der Waals surface area contributed by atoms with Crippen LogP contribution in [0.4, 0.5) is 5.82 Å². The van der Waals surface area contributed by atoms with Gasteiger partial charge in [0.25, 0.3) is 0 Å². The van der Waals surface area contributed by atoms with Gasteiger partial charge in [-0.15, -0.1) is 11.3 Å². The van der Waals surface area contributed by atoms with E-state index in [0.29, 0.717) is 10.8 Å². The number of aromatic carboxylic acids is 1. The molecule has 2 aromatic rings. The Hall–Kier alpha value is -1.69. The lowest BCUT2D eigenvalue weighted by Gasteiger charge is -2.22. The first-order valence-corrected chi connectivity index (χ1v) is 7.45. The first-order valence-electron chi connectivity index (χ1n) is 6.64. The van der Waals surface area contributed by atoms with Crippen LogP contribution >= 0.6 is 11.3 Å². The van der Waals surface area contributed by atoms with Gasteiger partial charge in [-0.2, -0.15) is 0 Å². The topological polar surface area (TPSA) is 66.3 Å². The highest BCUT2D eigenvalue weighted by Gasteiger charge is 2.20. The summed E-state index contributed by atoms with van der Waals surface area (Å²) in [7, 11) is 1.99. The van der Waals surface area contributed by atoms with Crippen molar-refractivity contribution in [1.82, 2.24) is 9.97 Å². The summed E-state index contributed by atoms with van der Waals surface area (Å²) >= 11 is 1.21. The first kappa shape index (κ1) is 14.7. The van der Waals surface area contributed by atoms with Crippen LogP contribution in [0.2, 0.25) is 0 Å². The van der Waals surface area contributed by atoms with Crippen molar-refractivity contribution in [3.05, 3.63) is 16.8 Å². The van der Waals surface area contributed by atoms with Gasteiger partial charge in [0.2, 0.25) is 0 Å². The van der Waals surface area contributed by atoms with E-state index in [1.165, 1.54) is 17.7 Å². The molecule has 1 atom stereocenters. The molecule has 0 radical (unpaired) electrons. The Balaban J connectivity index is 2.51. The van der Waals surface area contributed by atoms with Gasteiger partial charge in [0, 0.05) is 13.6 Å². The number of carboxylic acid groups (broad SMARTS) is 1. The van der Waals surface area contributed by atoms with Crippen LogP contribution in [0.15, 0.2) is 6.33 Å². The van der Waals surface area contributed by atoms with E-state index in [4.69, 9.17) is 0 Å². The largest absolute Gasteiger partial charge is 0.477 e. The molecule has 0 bridgehead atoms. The van der Waals surface area contributed by atoms with E-state index in [9.17, 15) is 9.90 Å². The van der Waals surface area contributed by atoms with Crippen LogP contribution in [0.1, 0.15) is 35.5 Å². The molecule has 1 unspecified atom stereocenters. The lowest BCUT2D eigenvalue weighted by Crippen LogP contribution is -2.24. The number of hydrogen-bond donors (Lipinski definition) is 1. The standard InChI is InChI=1S/C14H19N3O2S/c1-5-8(2)6-17(4)12-10-9(3)11(14(18)19)20-13(10)16-7-15-12/h7-8H,5-6H2,1-4H3,(H,18,19). The summed E-state index contributed by atoms with van der Waals surface area (Å²) in [5.41, 5.74) is 0.754. The van der Waals surface area contributed by atoms with Crippen molar-refractivity contribution in [2.75, 3.05) is 18.5 Å². The highest BCUT2D eigenvalue weighted by Crippen LogP contribution is 2.34. The predicted octanol–water partition coefficient (Wildman–Crippen LogP) is 3.18. The fourth-order valence-electron chi connectivity index (χ4n) is 2.23. The summed E-state index contributed by atoms with van der Waals surface area (Å²) in [4.78, 5) is 23.0. The number of aryl methyl sites for hydroxylation is 1. The van der Waals surface area contributed by atoms with E-state index in [1.807, 2.05) is 14.0 Å². The number of carbonyl (C=O) groups is 1. The SMILES string of the molecule is CCC(C)CN(C)c1ncnc2sc(C(=O)O)c(C)c12. The minimum atomic E-state index is -0.902. The number of fused-ring (bicyclic) bond motifs is 1. The van der Waals surface area contributed by atoms with E-state index in [-0.39, 0.29) is 0 Å². The average molecular weight is 293 g/mol. The first-order chi connectivity index (χ1) is 9.45. The van der Waals surface area contributed by atoms with Crippen molar-refractivity contribution >= 4 is 33.3 Å². The second-order valence-corrected chi connectivity index (χ2v) is 6.13. The van der Waals surface area contributed by atoms with Gasteiger partial charge in [0.1, 0.15) is 21.9 Å². The molecule has 108 valence electrons. The molecule has 0 aromatic carbocycles. The fraction of sp³-hybridized carbons (Fsp3) is 0.500. The van der Waals surface area contributed by atoms with Gasteiger partial charge < -0.3 is 10.0 Å². The van der Waals surface area contributed by atoms with Gasteiger partial charge in [-0.3, -0.25) is 0 Å². The fourth-order valence-corrected chi connectivity index (χ4v) is 3.21. The van der Waals surface area contributed by atoms with E-state index in [2.05, 4.69) is 28.7 Å². The van der Waals surface area contributed by atoms with Crippen molar-refractivity contribution in [3.8, 4) is 0 Å². The van der Waals surface area contributed by atoms with E-state index >= 15 is 0 Å². The average Bonchev–Trinajstić information content (AvgIpc) is 2.76. The number of carboxylic acids is 1. The third kappa shape index (κ3) is 2.60. The van der Waals surface area contributed by atoms with Gasteiger partial charge in [-0.1, -0.05) is 20.3 Å². The smallest absolute Gasteiger partial charge is 0.346 e. The zero-order valence-electron chi connectivity index (χ0n) is 12.2. The molecule has 0 spiro atoms. The Bertz CT molecular complexity index is 639. The zero-order valence-corrected chi connectivity index (χ0v) is 13.0. The molecule has 2 heterocycles. The molecule has 5 nitrogen and oxygen atoms in total. The van der Waals surface area contributed by atoms with Crippen LogP contribution in [0.25, 0.3) is 10.2 Å². The maximum Gasteiger partial charge on any atom is 0.346 e. The molecule has 6 heteroatoms. The Morgan fingerprint density at radius 2 is 2.20 bits per heavy atom. The van der Waals surface area contributed by atoms with Gasteiger partial charge in [0.15, 0.2) is 0 Å². The number of nitrogens with zero attached hydrogens (tertiary/aromatic N) is 3. The highest BCUT2D eigenvalue weighted by atomic mass is 32.1. The molecule has 0 saturated carbocycles. The Morgan fingerprint density at radius 1 is 1.50 bits per heavy atom. The third-order valence-corrected chi connectivity index (χ3v) is 4.73. The zero-order chi connectivity index (χ0) is 14.9. The molecule has 0 aliphatic carbocycles. The van der Waals surface area contributed by atoms with Crippen molar-refractivity contribution in [3.63, 3.8) is 0 Å². The number of rotatable bonds is 5. The maximum atomic E-state index is 11.2. The molecule has 0 aliphatic heterocycles. The summed E-state index contributed by atoms with van der Waals surface area (Å²) < 4.78 is 0. The Labute approximate surface area is 122 Å². The van der Waals surface area contributed by atoms with Gasteiger partial charge in [0.05, 0.1) is 5.39 Å². The predicted molar refractivity (Wildman–Crippen MR) is 81.8 cm³/mol. The van der Waals surface area contributed by atoms with Crippen molar-refractivity contribution in [2.24, 2.45) is 5.92 Å². The molecule has 0 fully saturated rings. The van der Waals surface area contributed by atoms with E-state index in [1.54, 1.807) is 0 Å². The van der Waals surface area contributed by atoms with Crippen LogP contribution in [-0.4, -0.2) is 34.6 Å². The maximum absolute atomic E-state index is 11.2. The minimum absolute atomic E-state index is 0.346. The number of hydrogen-bond acceptors (Lipinski definition) is 5. The van der Waals surface area contributed by atoms with Crippen LogP contribution < -0.4 is 4.90 Å². The van der Waals surface area contributed by atoms with E-state index in [0.717, 1.165) is 34.6 Å². The van der Waals surface area contributed by atoms with Crippen LogP contribution in [0.5, 0.6) is 0 Å². The molecule has 20 heavy (non-hydrogen) atoms. The minimum Gasteiger partial charge on any atom is -0.477 e. The third-order valence-electron chi connectivity index (χ3n) is 3.55. The molecular weight excluding hydrogens is 274 g/mol. The molecule has 0 amide bonds. The quantitative estimate of drug-likeness (QED) is 0.917. The highest BCUT2D eigenvalue weighted by molar-refractivity contribution is 7.20. The Morgan fingerprint density at radius 3 is 2.80 bits per heavy atom. The second-order valence-electron chi connectivity index (χ2n) is 5.13. The molecule has 0 aliphatic rings. The van der Waals surface area contributed by atoms with Gasteiger partial charge in [-0.05, 0) is 18.4 Å². The summed E-state index contributed by atoms with van der Waals surface area (Å²) in [5, 5.41) is 10.1. The number of aromatic nitrogens is 2. The van der Waals surface area contributed by atoms with E-state index < -0.39 is 5.97 Å². The monoisotopic (exact) mass is 293 g/mol. The van der Waals surface area contributed by atoms with Crippen molar-refractivity contribution < 1.29 is 9.90 Å². The Kier molecular flexibility index (Phi) is 4.23. The summed E-state index contributed by atoms with van der Waals surface area (Å²) in [6.45, 7) is 7.07. The summed E-state index contributed by atoms with van der Waals surface area (Å²) in [6, 6.07) is 0. The van der Waals surface area contributed by atoms with Crippen molar-refractivity contribution in [2.45, 2.75) is 27.2 Å².